The summed E-state index contributed by atoms with van der Waals surface area (Å²) >= 11 is 16.1. The Morgan fingerprint density at radius 1 is 1.12 bits per heavy atom. The van der Waals surface area contributed by atoms with Gasteiger partial charge in [-0.2, -0.15) is 17.7 Å². The molecule has 0 bridgehead atoms. The second kappa shape index (κ2) is 12.9. The summed E-state index contributed by atoms with van der Waals surface area (Å²) in [5.41, 5.74) is 3.75. The van der Waals surface area contributed by atoms with Crippen molar-refractivity contribution in [1.29, 1.82) is 0 Å². The van der Waals surface area contributed by atoms with Gasteiger partial charge in [0.1, 0.15) is 17.5 Å². The molecule has 2 atom stereocenters. The number of nitrogens with one attached hydrogen (secondary N) is 1. The van der Waals surface area contributed by atoms with E-state index in [1.54, 1.807) is 42.4 Å². The van der Waals surface area contributed by atoms with Gasteiger partial charge in [0.05, 0.1) is 21.6 Å². The zero-order chi connectivity index (χ0) is 29.0. The van der Waals surface area contributed by atoms with Gasteiger partial charge in [-0.05, 0) is 49.9 Å². The summed E-state index contributed by atoms with van der Waals surface area (Å²) in [5, 5.41) is 9.34. The smallest absolute Gasteiger partial charge is 0.253 e. The molecule has 11 heteroatoms. The third kappa shape index (κ3) is 6.22. The molecule has 2 amide bonds. The number of hydrogen-bond acceptors (Lipinski definition) is 6. The van der Waals surface area contributed by atoms with Crippen molar-refractivity contribution in [3.8, 4) is 17.0 Å². The summed E-state index contributed by atoms with van der Waals surface area (Å²) in [6, 6.07) is 13.2. The van der Waals surface area contributed by atoms with Crippen LogP contribution in [0.2, 0.25) is 10.0 Å². The lowest BCUT2D eigenvalue weighted by atomic mass is 10.0. The van der Waals surface area contributed by atoms with Crippen LogP contribution in [-0.4, -0.2) is 69.2 Å². The standard InChI is InChI=1S/C28H27Cl2N5O3.CH4S/c1-16(26-23(29)13-31-14-24(26)30)38-21-8-9-25-22(12-21)27(33-32-25)18-4-6-19(7-5-18)28(37)35-11-10-20(15-35)34(3)17(2)36;1-2/h4-9,12-14,16,20H,10-11,15H2,1-3H3,(H,32,33);2H,1H3. The number of amides is 2. The van der Waals surface area contributed by atoms with Crippen molar-refractivity contribution in [2.45, 2.75) is 32.4 Å². The van der Waals surface area contributed by atoms with Gasteiger partial charge in [0.2, 0.25) is 5.91 Å². The van der Waals surface area contributed by atoms with Crippen LogP contribution < -0.4 is 4.74 Å². The highest BCUT2D eigenvalue weighted by molar-refractivity contribution is 7.79. The lowest BCUT2D eigenvalue weighted by molar-refractivity contribution is -0.129. The monoisotopic (exact) mass is 599 g/mol. The highest BCUT2D eigenvalue weighted by atomic mass is 35.5. The van der Waals surface area contributed by atoms with Crippen LogP contribution in [0.5, 0.6) is 5.75 Å². The fourth-order valence-electron chi connectivity index (χ4n) is 4.81. The van der Waals surface area contributed by atoms with Gasteiger partial charge in [0, 0.05) is 61.5 Å². The van der Waals surface area contributed by atoms with E-state index in [4.69, 9.17) is 27.9 Å². The molecule has 1 aliphatic heterocycles. The molecule has 1 aliphatic rings. The van der Waals surface area contributed by atoms with Gasteiger partial charge in [-0.3, -0.25) is 19.7 Å². The minimum atomic E-state index is -0.392. The van der Waals surface area contributed by atoms with Crippen LogP contribution in [-0.2, 0) is 4.79 Å². The first-order valence-electron chi connectivity index (χ1n) is 12.7. The number of fused-ring (bicyclic) bond motifs is 1. The fourth-order valence-corrected chi connectivity index (χ4v) is 5.48. The van der Waals surface area contributed by atoms with Gasteiger partial charge in [-0.15, -0.1) is 0 Å². The second-order valence-electron chi connectivity index (χ2n) is 9.46. The molecule has 2 unspecified atom stereocenters. The van der Waals surface area contributed by atoms with Gasteiger partial charge in [-0.25, -0.2) is 0 Å². The molecule has 4 aromatic rings. The molecule has 8 nitrogen and oxygen atoms in total. The number of hydrogen-bond donors (Lipinski definition) is 2. The molecule has 1 fully saturated rings. The molecule has 210 valence electrons. The number of likely N-dealkylation sites (tertiary alicyclic amines) is 1. The first kappa shape index (κ1) is 29.7. The van der Waals surface area contributed by atoms with Crippen LogP contribution in [0.4, 0.5) is 0 Å². The highest BCUT2D eigenvalue weighted by Crippen LogP contribution is 2.35. The number of halogens is 2. The van der Waals surface area contributed by atoms with Gasteiger partial charge in [0.15, 0.2) is 0 Å². The number of H-pyrrole nitrogens is 1. The first-order valence-corrected chi connectivity index (χ1v) is 14.4. The maximum Gasteiger partial charge on any atom is 0.253 e. The first-order chi connectivity index (χ1) is 19.2. The predicted molar refractivity (Wildman–Crippen MR) is 162 cm³/mol. The van der Waals surface area contributed by atoms with E-state index in [0.29, 0.717) is 40.0 Å². The molecular formula is C29H31Cl2N5O3S. The summed E-state index contributed by atoms with van der Waals surface area (Å²) in [6.07, 6.45) is 5.17. The quantitative estimate of drug-likeness (QED) is 0.253. The van der Waals surface area contributed by atoms with Crippen molar-refractivity contribution in [3.05, 3.63) is 76.0 Å². The van der Waals surface area contributed by atoms with E-state index in [-0.39, 0.29) is 17.9 Å². The van der Waals surface area contributed by atoms with E-state index >= 15 is 0 Å². The number of carbonyl (C=O) groups is 2. The number of aromatic nitrogens is 3. The largest absolute Gasteiger partial charge is 0.486 e. The highest BCUT2D eigenvalue weighted by Gasteiger charge is 2.30. The molecule has 1 N–H and O–H groups in total. The normalized spacial score (nSPS) is 15.4. The minimum Gasteiger partial charge on any atom is -0.486 e. The molecule has 40 heavy (non-hydrogen) atoms. The summed E-state index contributed by atoms with van der Waals surface area (Å²) in [7, 11) is 1.78. The molecule has 5 rings (SSSR count). The van der Waals surface area contributed by atoms with Crippen LogP contribution in [0.25, 0.3) is 22.2 Å². The third-order valence-electron chi connectivity index (χ3n) is 7.04. The van der Waals surface area contributed by atoms with E-state index in [2.05, 4.69) is 27.8 Å². The molecule has 2 aromatic carbocycles. The van der Waals surface area contributed by atoms with Gasteiger partial charge in [-0.1, -0.05) is 35.3 Å². The molecule has 3 heterocycles. The minimum absolute atomic E-state index is 0.00728. The van der Waals surface area contributed by atoms with E-state index in [1.807, 2.05) is 49.4 Å². The average molecular weight is 601 g/mol. The summed E-state index contributed by atoms with van der Waals surface area (Å²) in [6.45, 7) is 4.59. The molecule has 0 saturated carbocycles. The average Bonchev–Trinajstić information content (AvgIpc) is 3.61. The number of pyridine rings is 1. The number of carbonyl (C=O) groups excluding carboxylic acids is 2. The Bertz CT molecular complexity index is 1490. The Morgan fingerprint density at radius 3 is 2.45 bits per heavy atom. The van der Waals surface area contributed by atoms with E-state index < -0.39 is 6.10 Å². The number of thiol groups is 1. The van der Waals surface area contributed by atoms with Gasteiger partial charge < -0.3 is 14.5 Å². The lowest BCUT2D eigenvalue weighted by Crippen LogP contribution is -2.38. The maximum absolute atomic E-state index is 13.1. The summed E-state index contributed by atoms with van der Waals surface area (Å²) < 4.78 is 6.17. The van der Waals surface area contributed by atoms with Crippen LogP contribution in [0, 0.1) is 0 Å². The van der Waals surface area contributed by atoms with Crippen molar-refractivity contribution in [3.63, 3.8) is 0 Å². The number of aromatic amines is 1. The number of likely N-dealkylation sites (N-methyl/N-ethyl adjacent to an activating group) is 1. The zero-order valence-electron chi connectivity index (χ0n) is 22.7. The lowest BCUT2D eigenvalue weighted by Gasteiger charge is -2.23. The van der Waals surface area contributed by atoms with Crippen molar-refractivity contribution < 1.29 is 14.3 Å². The van der Waals surface area contributed by atoms with E-state index in [1.165, 1.54) is 0 Å². The molecule has 0 radical (unpaired) electrons. The molecule has 2 aromatic heterocycles. The topological polar surface area (TPSA) is 91.4 Å². The molecular weight excluding hydrogens is 569 g/mol. The third-order valence-corrected chi connectivity index (χ3v) is 7.65. The zero-order valence-corrected chi connectivity index (χ0v) is 25.1. The van der Waals surface area contributed by atoms with Crippen molar-refractivity contribution >= 4 is 58.5 Å². The number of rotatable bonds is 6. The Morgan fingerprint density at radius 2 is 1.80 bits per heavy atom. The van der Waals surface area contributed by atoms with E-state index in [0.717, 1.165) is 28.6 Å². The molecule has 1 saturated heterocycles. The van der Waals surface area contributed by atoms with Crippen molar-refractivity contribution in [2.24, 2.45) is 0 Å². The maximum atomic E-state index is 13.1. The molecule has 0 spiro atoms. The van der Waals surface area contributed by atoms with Crippen molar-refractivity contribution in [2.75, 3.05) is 26.4 Å². The Hall–Kier alpha value is -3.27. The number of ether oxygens (including phenoxy) is 1. The predicted octanol–water partition coefficient (Wildman–Crippen LogP) is 6.31. The Labute approximate surface area is 249 Å². The number of benzene rings is 2. The van der Waals surface area contributed by atoms with Crippen LogP contribution in [0.1, 0.15) is 42.3 Å². The second-order valence-corrected chi connectivity index (χ2v) is 10.3. The fraction of sp³-hybridized carbons (Fsp3) is 0.310. The summed E-state index contributed by atoms with van der Waals surface area (Å²) in [4.78, 5) is 32.3. The SMILES string of the molecule is CC(=O)N(C)C1CCN(C(=O)c2ccc(-c3n[nH]c4ccc(OC(C)c5c(Cl)cncc5Cl)cc34)cc2)C1.CS. The number of nitrogens with zero attached hydrogens (tertiary/aromatic N) is 4. The molecule has 0 aliphatic carbocycles. The van der Waals surface area contributed by atoms with Crippen LogP contribution >= 0.6 is 35.8 Å². The Kier molecular flexibility index (Phi) is 9.60. The van der Waals surface area contributed by atoms with Gasteiger partial charge in [0.25, 0.3) is 5.91 Å². The van der Waals surface area contributed by atoms with Crippen LogP contribution in [0.15, 0.2) is 54.9 Å². The van der Waals surface area contributed by atoms with Crippen molar-refractivity contribution in [1.82, 2.24) is 25.0 Å². The van der Waals surface area contributed by atoms with Crippen LogP contribution in [0.3, 0.4) is 0 Å². The van der Waals surface area contributed by atoms with E-state index in [9.17, 15) is 9.59 Å². The van der Waals surface area contributed by atoms with Gasteiger partial charge >= 0.3 is 0 Å². The summed E-state index contributed by atoms with van der Waals surface area (Å²) in [5.74, 6) is 0.608. The Balaban J connectivity index is 0.00000181.